The van der Waals surface area contributed by atoms with E-state index in [1.54, 1.807) is 13.3 Å². The molecule has 1 fully saturated rings. The van der Waals surface area contributed by atoms with Crippen LogP contribution in [0.25, 0.3) is 0 Å². The second-order valence-corrected chi connectivity index (χ2v) is 11.2. The summed E-state index contributed by atoms with van der Waals surface area (Å²) >= 11 is 0. The molecule has 124 valence electrons. The van der Waals surface area contributed by atoms with Crippen LogP contribution in [0.5, 0.6) is 5.88 Å². The van der Waals surface area contributed by atoms with Crippen molar-refractivity contribution in [2.24, 2.45) is 0 Å². The molecule has 0 aromatic carbocycles. The highest BCUT2D eigenvalue weighted by atomic mass is 28.3. The fraction of sp³-hybridized carbons (Fsp3) is 0.533. The van der Waals surface area contributed by atoms with Crippen molar-refractivity contribution in [1.29, 1.82) is 0 Å². The summed E-state index contributed by atoms with van der Waals surface area (Å²) in [5.41, 5.74) is 3.93. The highest BCUT2D eigenvalue weighted by molar-refractivity contribution is 6.83. The maximum absolute atomic E-state index is 10.9. The van der Waals surface area contributed by atoms with E-state index in [-0.39, 0.29) is 6.04 Å². The molecule has 2 heterocycles. The first kappa shape index (κ1) is 17.1. The Hall–Kier alpha value is -2.27. The smallest absolute Gasteiger partial charge is 0.407 e. The van der Waals surface area contributed by atoms with E-state index in [1.165, 1.54) is 4.90 Å². The lowest BCUT2D eigenvalue weighted by molar-refractivity contribution is 0.155. The van der Waals surface area contributed by atoms with E-state index in [9.17, 15) is 4.79 Å². The molecule has 1 aromatic rings. The number of ether oxygens (including phenoxy) is 1. The average Bonchev–Trinajstić information content (AvgIpc) is 2.93. The lowest BCUT2D eigenvalue weighted by Gasteiger charge is -2.14. The lowest BCUT2D eigenvalue weighted by atomic mass is 10.3. The molecule has 2 rings (SSSR count). The van der Waals surface area contributed by atoms with Crippen molar-refractivity contribution in [2.75, 3.05) is 25.5 Å². The molecule has 1 unspecified atom stereocenters. The molecule has 0 saturated carbocycles. The first-order chi connectivity index (χ1) is 10.8. The van der Waals surface area contributed by atoms with Gasteiger partial charge in [0.1, 0.15) is 13.6 Å². The van der Waals surface area contributed by atoms with Gasteiger partial charge in [-0.05, 0) is 6.42 Å². The van der Waals surface area contributed by atoms with Gasteiger partial charge in [-0.15, -0.1) is 5.54 Å². The normalized spacial score (nSPS) is 17.4. The number of amides is 1. The highest BCUT2D eigenvalue weighted by Gasteiger charge is 2.26. The maximum atomic E-state index is 10.9. The van der Waals surface area contributed by atoms with Crippen molar-refractivity contribution in [3.8, 4) is 17.3 Å². The Morgan fingerprint density at radius 2 is 2.26 bits per heavy atom. The van der Waals surface area contributed by atoms with Gasteiger partial charge in [-0.1, -0.05) is 25.6 Å². The zero-order valence-electron chi connectivity index (χ0n) is 13.9. The van der Waals surface area contributed by atoms with Crippen LogP contribution in [0, 0.1) is 11.5 Å². The van der Waals surface area contributed by atoms with Gasteiger partial charge < -0.3 is 20.1 Å². The number of carboxylic acid groups (broad SMARTS) is 1. The Labute approximate surface area is 137 Å². The zero-order chi connectivity index (χ0) is 17.0. The van der Waals surface area contributed by atoms with Crippen molar-refractivity contribution in [2.45, 2.75) is 32.1 Å². The molecule has 1 saturated heterocycles. The Morgan fingerprint density at radius 3 is 2.83 bits per heavy atom. The van der Waals surface area contributed by atoms with E-state index in [0.717, 1.165) is 6.42 Å². The van der Waals surface area contributed by atoms with E-state index in [2.05, 4.69) is 46.4 Å². The van der Waals surface area contributed by atoms with E-state index >= 15 is 0 Å². The Bertz CT molecular complexity index is 648. The second-order valence-electron chi connectivity index (χ2n) is 6.48. The van der Waals surface area contributed by atoms with Crippen molar-refractivity contribution in [1.82, 2.24) is 14.9 Å². The van der Waals surface area contributed by atoms with Crippen LogP contribution in [0.2, 0.25) is 19.6 Å². The van der Waals surface area contributed by atoms with Crippen molar-refractivity contribution < 1.29 is 14.6 Å². The van der Waals surface area contributed by atoms with Gasteiger partial charge in [0.25, 0.3) is 0 Å². The largest absolute Gasteiger partial charge is 0.480 e. The first-order valence-electron chi connectivity index (χ1n) is 7.47. The topological polar surface area (TPSA) is 87.6 Å². The Morgan fingerprint density at radius 1 is 1.52 bits per heavy atom. The Kier molecular flexibility index (Phi) is 5.11. The molecule has 2 N–H and O–H groups in total. The molecular weight excluding hydrogens is 312 g/mol. The number of nitrogens with zero attached hydrogens (tertiary/aromatic N) is 3. The number of hydrogen-bond acceptors (Lipinski definition) is 5. The lowest BCUT2D eigenvalue weighted by Crippen LogP contribution is -2.30. The number of anilines is 1. The van der Waals surface area contributed by atoms with E-state index in [4.69, 9.17) is 9.84 Å². The quantitative estimate of drug-likeness (QED) is 0.648. The summed E-state index contributed by atoms with van der Waals surface area (Å²) in [7, 11) is 0.0629. The molecular formula is C15H22N4O3Si. The molecule has 0 radical (unpaired) electrons. The predicted molar refractivity (Wildman–Crippen MR) is 90.4 cm³/mol. The summed E-state index contributed by atoms with van der Waals surface area (Å²) in [5, 5.41) is 12.1. The van der Waals surface area contributed by atoms with Crippen molar-refractivity contribution >= 4 is 20.1 Å². The fourth-order valence-electron chi connectivity index (χ4n) is 2.17. The van der Waals surface area contributed by atoms with Gasteiger partial charge in [-0.3, -0.25) is 0 Å². The van der Waals surface area contributed by atoms with Gasteiger partial charge in [0.05, 0.1) is 13.3 Å². The fourth-order valence-corrected chi connectivity index (χ4v) is 2.68. The number of aromatic nitrogens is 2. The molecule has 0 aliphatic carbocycles. The number of hydrogen-bond donors (Lipinski definition) is 2. The molecule has 1 atom stereocenters. The third-order valence-electron chi connectivity index (χ3n) is 3.31. The van der Waals surface area contributed by atoms with Gasteiger partial charge in [0, 0.05) is 19.1 Å². The van der Waals surface area contributed by atoms with Gasteiger partial charge >= 0.3 is 6.09 Å². The molecule has 8 heteroatoms. The van der Waals surface area contributed by atoms with Crippen LogP contribution in [-0.2, 0) is 0 Å². The number of carbonyl (C=O) groups is 1. The first-order valence-corrected chi connectivity index (χ1v) is 11.0. The summed E-state index contributed by atoms with van der Waals surface area (Å²) in [5.74, 6) is 3.96. The minimum atomic E-state index is -1.49. The molecule has 0 bridgehead atoms. The number of methoxy groups -OCH3 is 1. The summed E-state index contributed by atoms with van der Waals surface area (Å²) in [6.07, 6.45) is 1.48. The van der Waals surface area contributed by atoms with Crippen LogP contribution in [0.15, 0.2) is 6.20 Å². The van der Waals surface area contributed by atoms with Crippen LogP contribution < -0.4 is 10.1 Å². The molecule has 23 heavy (non-hydrogen) atoms. The van der Waals surface area contributed by atoms with Crippen LogP contribution in [0.1, 0.15) is 12.0 Å². The summed E-state index contributed by atoms with van der Waals surface area (Å²) < 4.78 is 5.29. The van der Waals surface area contributed by atoms with E-state index < -0.39 is 14.2 Å². The van der Waals surface area contributed by atoms with Crippen LogP contribution in [0.3, 0.4) is 0 Å². The van der Waals surface area contributed by atoms with Crippen LogP contribution in [-0.4, -0.2) is 60.4 Å². The molecule has 1 aliphatic rings. The molecule has 1 aromatic heterocycles. The monoisotopic (exact) mass is 334 g/mol. The van der Waals surface area contributed by atoms with Crippen molar-refractivity contribution in [3.63, 3.8) is 0 Å². The van der Waals surface area contributed by atoms with Crippen molar-refractivity contribution in [3.05, 3.63) is 11.8 Å². The Balaban J connectivity index is 2.10. The zero-order valence-corrected chi connectivity index (χ0v) is 14.9. The third kappa shape index (κ3) is 4.86. The molecule has 0 spiro atoms. The SMILES string of the molecule is COc1nc(NC2CCN(C(=O)O)C2)ncc1C#C[Si](C)(C)C. The minimum absolute atomic E-state index is 0.00900. The summed E-state index contributed by atoms with van der Waals surface area (Å²) in [6, 6.07) is 0.00900. The van der Waals surface area contributed by atoms with Gasteiger partial charge in [-0.2, -0.15) is 4.98 Å². The molecule has 1 amide bonds. The summed E-state index contributed by atoms with van der Waals surface area (Å²) in [4.78, 5) is 20.9. The average molecular weight is 334 g/mol. The van der Waals surface area contributed by atoms with Gasteiger partial charge in [0.2, 0.25) is 11.8 Å². The standard InChI is InChI=1S/C15H22N4O3Si/c1-22-13-11(6-8-23(2,3)4)9-16-14(18-13)17-12-5-7-19(10-12)15(20)21/h9,12H,5,7,10H2,1-4H3,(H,20,21)(H,16,17,18). The number of nitrogens with one attached hydrogen (secondary N) is 1. The predicted octanol–water partition coefficient (Wildman–Crippen LogP) is 1.88. The molecule has 7 nitrogen and oxygen atoms in total. The van der Waals surface area contributed by atoms with Gasteiger partial charge in [-0.25, -0.2) is 9.78 Å². The third-order valence-corrected chi connectivity index (χ3v) is 4.19. The van der Waals surface area contributed by atoms with Crippen LogP contribution >= 0.6 is 0 Å². The van der Waals surface area contributed by atoms with E-state index in [1.807, 2.05) is 0 Å². The second kappa shape index (κ2) is 6.87. The summed E-state index contributed by atoms with van der Waals surface area (Å²) in [6.45, 7) is 7.44. The number of likely N-dealkylation sites (tertiary alicyclic amines) is 1. The molecule has 1 aliphatic heterocycles. The number of rotatable bonds is 3. The van der Waals surface area contributed by atoms with E-state index in [0.29, 0.717) is 30.5 Å². The maximum Gasteiger partial charge on any atom is 0.407 e. The van der Waals surface area contributed by atoms with Crippen LogP contribution in [0.4, 0.5) is 10.7 Å². The highest BCUT2D eigenvalue weighted by Crippen LogP contribution is 2.18. The minimum Gasteiger partial charge on any atom is -0.480 e. The van der Waals surface area contributed by atoms with Gasteiger partial charge in [0.15, 0.2) is 0 Å².